The summed E-state index contributed by atoms with van der Waals surface area (Å²) < 4.78 is 32.1. The molecule has 1 amide bonds. The van der Waals surface area contributed by atoms with Crippen LogP contribution >= 0.6 is 23.4 Å². The van der Waals surface area contributed by atoms with Crippen molar-refractivity contribution in [3.05, 3.63) is 58.4 Å². The van der Waals surface area contributed by atoms with E-state index in [1.54, 1.807) is 0 Å². The zero-order valence-electron chi connectivity index (χ0n) is 16.3. The molecule has 0 aliphatic heterocycles. The van der Waals surface area contributed by atoms with Gasteiger partial charge in [0.2, 0.25) is 0 Å². The van der Waals surface area contributed by atoms with Gasteiger partial charge in [0.25, 0.3) is 5.91 Å². The fourth-order valence-electron chi connectivity index (χ4n) is 2.56. The summed E-state index contributed by atoms with van der Waals surface area (Å²) in [7, 11) is 2.61. The molecule has 7 nitrogen and oxygen atoms in total. The van der Waals surface area contributed by atoms with Gasteiger partial charge < -0.3 is 15.8 Å². The Morgan fingerprint density at radius 1 is 1.37 bits per heavy atom. The van der Waals surface area contributed by atoms with Crippen molar-refractivity contribution in [2.24, 2.45) is 10.7 Å². The number of ether oxygens (including phenoxy) is 1. The average molecular weight is 457 g/mol. The molecule has 0 aliphatic rings. The third-order valence-corrected chi connectivity index (χ3v) is 5.39. The summed E-state index contributed by atoms with van der Waals surface area (Å²) in [6.07, 6.45) is 1.01. The van der Waals surface area contributed by atoms with E-state index in [2.05, 4.69) is 15.3 Å². The van der Waals surface area contributed by atoms with Crippen LogP contribution in [0.1, 0.15) is 23.0 Å². The summed E-state index contributed by atoms with van der Waals surface area (Å²) in [5, 5.41) is 2.86. The highest BCUT2D eigenvalue weighted by Crippen LogP contribution is 2.33. The lowest BCUT2D eigenvalue weighted by Gasteiger charge is -2.26. The molecule has 0 fully saturated rings. The molecule has 0 radical (unpaired) electrons. The van der Waals surface area contributed by atoms with Crippen LogP contribution in [0.2, 0.25) is 5.02 Å². The predicted molar refractivity (Wildman–Crippen MR) is 113 cm³/mol. The van der Waals surface area contributed by atoms with Crippen LogP contribution in [0.15, 0.2) is 35.5 Å². The summed E-state index contributed by atoms with van der Waals surface area (Å²) in [5.41, 5.74) is 5.57. The second-order valence-corrected chi connectivity index (χ2v) is 8.27. The van der Waals surface area contributed by atoms with Crippen molar-refractivity contribution in [2.75, 3.05) is 19.5 Å². The van der Waals surface area contributed by atoms with Gasteiger partial charge in [-0.15, -0.1) is 0 Å². The van der Waals surface area contributed by atoms with Crippen molar-refractivity contribution in [1.82, 2.24) is 4.98 Å². The van der Waals surface area contributed by atoms with E-state index in [-0.39, 0.29) is 28.5 Å². The first-order chi connectivity index (χ1) is 14.1. The number of methoxy groups -OCH3 is 1. The molecule has 0 bridgehead atoms. The summed E-state index contributed by atoms with van der Waals surface area (Å²) in [4.78, 5) is 32.3. The van der Waals surface area contributed by atoms with E-state index in [9.17, 15) is 18.4 Å². The number of rotatable bonds is 6. The lowest BCUT2D eigenvalue weighted by Crippen LogP contribution is -2.38. The summed E-state index contributed by atoms with van der Waals surface area (Å²) in [6, 6.07) is 4.92. The van der Waals surface area contributed by atoms with E-state index < -0.39 is 28.3 Å². The molecule has 0 saturated heterocycles. The largest absolute Gasteiger partial charge is 0.468 e. The second kappa shape index (κ2) is 9.86. The highest BCUT2D eigenvalue weighted by molar-refractivity contribution is 8.15. The second-order valence-electron chi connectivity index (χ2n) is 6.31. The van der Waals surface area contributed by atoms with Crippen molar-refractivity contribution in [3.63, 3.8) is 0 Å². The van der Waals surface area contributed by atoms with Crippen molar-refractivity contribution in [3.8, 4) is 0 Å². The lowest BCUT2D eigenvalue weighted by atomic mass is 9.99. The zero-order valence-corrected chi connectivity index (χ0v) is 17.9. The Hall–Kier alpha value is -2.72. The van der Waals surface area contributed by atoms with Gasteiger partial charge in [-0.3, -0.25) is 14.6 Å². The number of pyridine rings is 1. The zero-order chi connectivity index (χ0) is 22.5. The van der Waals surface area contributed by atoms with Crippen LogP contribution in [0.5, 0.6) is 0 Å². The molecule has 11 heteroatoms. The van der Waals surface area contributed by atoms with E-state index in [0.29, 0.717) is 5.02 Å². The van der Waals surface area contributed by atoms with Gasteiger partial charge in [0.05, 0.1) is 12.1 Å². The SMILES string of the molecule is C/N=C(/N)S[C@](C)(Cc1cc(NC(=O)c2ccc(Cl)cn2)cc(F)c1F)C(=O)OC. The topological polar surface area (TPSA) is 107 Å². The Morgan fingerprint density at radius 3 is 2.63 bits per heavy atom. The molecule has 3 N–H and O–H groups in total. The van der Waals surface area contributed by atoms with E-state index in [1.165, 1.54) is 45.5 Å². The number of aliphatic imine (C=N–C) groups is 1. The Balaban J connectivity index is 2.36. The third-order valence-electron chi connectivity index (χ3n) is 4.02. The quantitative estimate of drug-likeness (QED) is 0.392. The predicted octanol–water partition coefficient (Wildman–Crippen LogP) is 3.42. The molecule has 160 valence electrons. The third kappa shape index (κ3) is 5.67. The highest BCUT2D eigenvalue weighted by Gasteiger charge is 2.38. The van der Waals surface area contributed by atoms with Crippen LogP contribution in [0.4, 0.5) is 14.5 Å². The molecular formula is C19H19ClF2N4O3S. The molecule has 1 heterocycles. The van der Waals surface area contributed by atoms with Crippen LogP contribution in [0.25, 0.3) is 0 Å². The lowest BCUT2D eigenvalue weighted by molar-refractivity contribution is -0.143. The van der Waals surface area contributed by atoms with Crippen molar-refractivity contribution in [1.29, 1.82) is 0 Å². The van der Waals surface area contributed by atoms with E-state index >= 15 is 0 Å². The molecule has 0 spiro atoms. The highest BCUT2D eigenvalue weighted by atomic mass is 35.5. The minimum atomic E-state index is -1.38. The van der Waals surface area contributed by atoms with Crippen molar-refractivity contribution in [2.45, 2.75) is 18.1 Å². The number of carbonyl (C=O) groups excluding carboxylic acids is 2. The number of halogens is 3. The van der Waals surface area contributed by atoms with Crippen LogP contribution in [-0.2, 0) is 16.0 Å². The van der Waals surface area contributed by atoms with Gasteiger partial charge >= 0.3 is 5.97 Å². The van der Waals surface area contributed by atoms with Gasteiger partial charge in [-0.2, -0.15) is 0 Å². The molecule has 0 saturated carbocycles. The molecule has 2 aromatic rings. The molecule has 0 aliphatic carbocycles. The molecule has 30 heavy (non-hydrogen) atoms. The number of nitrogens with two attached hydrogens (primary N) is 1. The number of esters is 1. The Kier molecular flexibility index (Phi) is 7.74. The number of nitrogens with zero attached hydrogens (tertiary/aromatic N) is 2. The Bertz CT molecular complexity index is 988. The molecule has 1 atom stereocenters. The number of anilines is 1. The van der Waals surface area contributed by atoms with E-state index in [1.807, 2.05) is 0 Å². The van der Waals surface area contributed by atoms with Gasteiger partial charge in [0, 0.05) is 31.4 Å². The number of amides is 1. The van der Waals surface area contributed by atoms with E-state index in [4.69, 9.17) is 22.1 Å². The number of hydrogen-bond donors (Lipinski definition) is 2. The van der Waals surface area contributed by atoms with Crippen molar-refractivity contribution < 1.29 is 23.1 Å². The minimum absolute atomic E-state index is 0.0139. The maximum absolute atomic E-state index is 14.5. The monoisotopic (exact) mass is 456 g/mol. The fourth-order valence-corrected chi connectivity index (χ4v) is 3.62. The summed E-state index contributed by atoms with van der Waals surface area (Å²) >= 11 is 6.60. The maximum atomic E-state index is 14.5. The van der Waals surface area contributed by atoms with E-state index in [0.717, 1.165) is 17.8 Å². The van der Waals surface area contributed by atoms with Gasteiger partial charge in [0.15, 0.2) is 16.8 Å². The Morgan fingerprint density at radius 2 is 2.07 bits per heavy atom. The number of amidine groups is 1. The van der Waals surface area contributed by atoms with Gasteiger partial charge in [0.1, 0.15) is 10.4 Å². The normalized spacial score (nSPS) is 13.5. The van der Waals surface area contributed by atoms with Crippen LogP contribution in [0.3, 0.4) is 0 Å². The van der Waals surface area contributed by atoms with Gasteiger partial charge in [-0.1, -0.05) is 23.4 Å². The summed E-state index contributed by atoms with van der Waals surface area (Å²) in [6.45, 7) is 1.47. The standard InChI is InChI=1S/C19H19ClF2N4O3S/c1-19(17(28)29-3,30-18(23)24-2)8-10-6-12(7-13(21)15(10)22)26-16(27)14-5-4-11(20)9-25-14/h4-7,9H,8H2,1-3H3,(H2,23,24)(H,26,27)/t19-/m1/s1. The van der Waals surface area contributed by atoms with Crippen molar-refractivity contribution >= 4 is 46.1 Å². The maximum Gasteiger partial charge on any atom is 0.322 e. The molecule has 0 unspecified atom stereocenters. The molecule has 1 aromatic carbocycles. The first kappa shape index (κ1) is 23.6. The smallest absolute Gasteiger partial charge is 0.322 e. The van der Waals surface area contributed by atoms with Crippen LogP contribution in [-0.4, -0.2) is 40.9 Å². The minimum Gasteiger partial charge on any atom is -0.468 e. The number of aromatic nitrogens is 1. The molecular weight excluding hydrogens is 438 g/mol. The summed E-state index contributed by atoms with van der Waals surface area (Å²) in [5.74, 6) is -3.68. The molecule has 1 aromatic heterocycles. The number of nitrogens with one attached hydrogen (secondary N) is 1. The van der Waals surface area contributed by atoms with Crippen LogP contribution < -0.4 is 11.1 Å². The number of benzene rings is 1. The first-order valence-corrected chi connectivity index (χ1v) is 9.69. The number of thioether (sulfide) groups is 1. The molecule has 2 rings (SSSR count). The average Bonchev–Trinajstić information content (AvgIpc) is 2.71. The fraction of sp³-hybridized carbons (Fsp3) is 0.263. The van der Waals surface area contributed by atoms with Crippen LogP contribution in [0, 0.1) is 11.6 Å². The number of carbonyl (C=O) groups is 2. The van der Waals surface area contributed by atoms with Gasteiger partial charge in [-0.05, 0) is 30.7 Å². The van der Waals surface area contributed by atoms with Gasteiger partial charge in [-0.25, -0.2) is 13.8 Å². The number of hydrogen-bond acceptors (Lipinski definition) is 6. The Labute approximate surface area is 181 Å². The first-order valence-electron chi connectivity index (χ1n) is 8.50.